The molecule has 1 heterocycles. The van der Waals surface area contributed by atoms with E-state index in [1.165, 1.54) is 0 Å². The van der Waals surface area contributed by atoms with Crippen molar-refractivity contribution >= 4 is 50.2 Å². The molecule has 0 unspecified atom stereocenters. The minimum Gasteiger partial charge on any atom is -0.244 e. The van der Waals surface area contributed by atoms with Crippen molar-refractivity contribution in [3.8, 4) is 22.5 Å². The third kappa shape index (κ3) is 4.10. The molecule has 1 aromatic heterocycles. The lowest BCUT2D eigenvalue weighted by atomic mass is 10.0. The maximum Gasteiger partial charge on any atom is 0.416 e. The van der Waals surface area contributed by atoms with Gasteiger partial charge in [-0.3, -0.25) is 0 Å². The van der Waals surface area contributed by atoms with Crippen LogP contribution in [0.5, 0.6) is 0 Å². The highest BCUT2D eigenvalue weighted by molar-refractivity contribution is 9.10. The minimum atomic E-state index is -4.49. The van der Waals surface area contributed by atoms with Gasteiger partial charge >= 0.3 is 6.18 Å². The molecule has 8 heteroatoms. The number of rotatable bonds is 2. The van der Waals surface area contributed by atoms with Gasteiger partial charge in [0, 0.05) is 25.6 Å². The van der Waals surface area contributed by atoms with E-state index in [-0.39, 0.29) is 9.99 Å². The fraction of sp³-hybridized carbons (Fsp3) is 0.0476. The Morgan fingerprint density at radius 3 is 1.69 bits per heavy atom. The first-order valence-corrected chi connectivity index (χ1v) is 9.87. The summed E-state index contributed by atoms with van der Waals surface area (Å²) >= 11 is 15.2. The van der Waals surface area contributed by atoms with E-state index in [0.717, 1.165) is 17.7 Å². The van der Waals surface area contributed by atoms with Crippen molar-refractivity contribution in [1.82, 2.24) is 9.97 Å². The van der Waals surface area contributed by atoms with Gasteiger partial charge < -0.3 is 0 Å². The molecule has 0 saturated carbocycles. The molecule has 0 atom stereocenters. The van der Waals surface area contributed by atoms with Crippen LogP contribution >= 0.6 is 39.1 Å². The zero-order valence-corrected chi connectivity index (χ0v) is 17.5. The van der Waals surface area contributed by atoms with Crippen LogP contribution in [0.1, 0.15) is 5.56 Å². The monoisotopic (exact) mass is 496 g/mol. The second kappa shape index (κ2) is 7.59. The molecule has 0 saturated heterocycles. The van der Waals surface area contributed by atoms with Gasteiger partial charge in [0.25, 0.3) is 0 Å². The Bertz CT molecular complexity index is 1210. The van der Waals surface area contributed by atoms with E-state index in [2.05, 4.69) is 25.9 Å². The molecule has 0 fully saturated rings. The fourth-order valence-corrected chi connectivity index (χ4v) is 3.69. The molecule has 0 bridgehead atoms. The highest BCUT2D eigenvalue weighted by atomic mass is 79.9. The fourth-order valence-electron chi connectivity index (χ4n) is 2.90. The molecule has 29 heavy (non-hydrogen) atoms. The van der Waals surface area contributed by atoms with Crippen LogP contribution in [0, 0.1) is 0 Å². The zero-order chi connectivity index (χ0) is 20.8. The van der Waals surface area contributed by atoms with Gasteiger partial charge in [0.05, 0.1) is 22.5 Å². The molecule has 0 amide bonds. The molecule has 4 aromatic rings. The zero-order valence-electron chi connectivity index (χ0n) is 14.4. The third-order valence-electron chi connectivity index (χ3n) is 4.29. The Kier molecular flexibility index (Phi) is 5.27. The molecule has 0 aliphatic carbocycles. The van der Waals surface area contributed by atoms with E-state index in [0.29, 0.717) is 32.5 Å². The van der Waals surface area contributed by atoms with Crippen LogP contribution in [0.4, 0.5) is 13.2 Å². The van der Waals surface area contributed by atoms with Crippen LogP contribution in [-0.2, 0) is 6.18 Å². The number of hydrogen-bond donors (Lipinski definition) is 0. The molecular formula is C21H10BrCl2F3N2. The number of nitrogens with zero attached hydrogens (tertiary/aromatic N) is 2. The van der Waals surface area contributed by atoms with Gasteiger partial charge in [0.2, 0.25) is 0 Å². The summed E-state index contributed by atoms with van der Waals surface area (Å²) in [6.45, 7) is 0. The molecule has 0 N–H and O–H groups in total. The molecule has 2 nitrogen and oxygen atoms in total. The molecule has 0 radical (unpaired) electrons. The SMILES string of the molecule is FC(F)(F)c1cc(Br)c2nc(-c3ccc(Cl)cc3)c(-c3ccc(Cl)cc3)nc2c1. The van der Waals surface area contributed by atoms with Crippen molar-refractivity contribution in [3.05, 3.63) is 80.7 Å². The third-order valence-corrected chi connectivity index (χ3v) is 5.39. The first kappa shape index (κ1) is 20.1. The van der Waals surface area contributed by atoms with E-state index in [1.807, 2.05) is 0 Å². The van der Waals surface area contributed by atoms with E-state index in [4.69, 9.17) is 23.2 Å². The van der Waals surface area contributed by atoms with Crippen LogP contribution < -0.4 is 0 Å². The molecule has 0 aliphatic rings. The quantitative estimate of drug-likeness (QED) is 0.280. The topological polar surface area (TPSA) is 25.8 Å². The molecule has 0 aliphatic heterocycles. The lowest BCUT2D eigenvalue weighted by Crippen LogP contribution is -2.06. The van der Waals surface area contributed by atoms with Gasteiger partial charge in [-0.2, -0.15) is 13.2 Å². The average Bonchev–Trinajstić information content (AvgIpc) is 2.68. The van der Waals surface area contributed by atoms with Crippen LogP contribution in [0.3, 0.4) is 0 Å². The number of halogens is 6. The summed E-state index contributed by atoms with van der Waals surface area (Å²) < 4.78 is 40.0. The number of fused-ring (bicyclic) bond motifs is 1. The predicted molar refractivity (Wildman–Crippen MR) is 113 cm³/mol. The second-order valence-electron chi connectivity index (χ2n) is 6.26. The number of aromatic nitrogens is 2. The molecule has 4 rings (SSSR count). The summed E-state index contributed by atoms with van der Waals surface area (Å²) in [5.74, 6) is 0. The number of benzene rings is 3. The summed E-state index contributed by atoms with van der Waals surface area (Å²) in [5.41, 5.74) is 2.06. The molecule has 146 valence electrons. The van der Waals surface area contributed by atoms with Crippen molar-refractivity contribution in [3.63, 3.8) is 0 Å². The Balaban J connectivity index is 2.03. The number of hydrogen-bond acceptors (Lipinski definition) is 2. The van der Waals surface area contributed by atoms with Crippen LogP contribution in [0.2, 0.25) is 10.0 Å². The van der Waals surface area contributed by atoms with Gasteiger partial charge in [-0.15, -0.1) is 0 Å². The highest BCUT2D eigenvalue weighted by Crippen LogP contribution is 2.37. The average molecular weight is 498 g/mol. The molecule has 3 aromatic carbocycles. The van der Waals surface area contributed by atoms with Crippen molar-refractivity contribution in [1.29, 1.82) is 0 Å². The Hall–Kier alpha value is -2.15. The summed E-state index contributed by atoms with van der Waals surface area (Å²) in [5, 5.41) is 1.10. The van der Waals surface area contributed by atoms with Crippen LogP contribution in [0.15, 0.2) is 65.1 Å². The summed E-state index contributed by atoms with van der Waals surface area (Å²) in [4.78, 5) is 9.18. The molecule has 0 spiro atoms. The van der Waals surface area contributed by atoms with Crippen molar-refractivity contribution in [2.75, 3.05) is 0 Å². The Morgan fingerprint density at radius 2 is 1.21 bits per heavy atom. The van der Waals surface area contributed by atoms with E-state index < -0.39 is 11.7 Å². The Labute approximate surface area is 182 Å². The lowest BCUT2D eigenvalue weighted by Gasteiger charge is -2.14. The van der Waals surface area contributed by atoms with Crippen molar-refractivity contribution in [2.24, 2.45) is 0 Å². The first-order chi connectivity index (χ1) is 13.7. The van der Waals surface area contributed by atoms with Crippen molar-refractivity contribution in [2.45, 2.75) is 6.18 Å². The Morgan fingerprint density at radius 1 is 0.724 bits per heavy atom. The highest BCUT2D eigenvalue weighted by Gasteiger charge is 2.32. The van der Waals surface area contributed by atoms with Gasteiger partial charge in [0.1, 0.15) is 5.52 Å². The van der Waals surface area contributed by atoms with Gasteiger partial charge in [0.15, 0.2) is 0 Å². The summed E-state index contributed by atoms with van der Waals surface area (Å²) in [6, 6.07) is 15.9. The second-order valence-corrected chi connectivity index (χ2v) is 7.99. The van der Waals surface area contributed by atoms with Gasteiger partial charge in [-0.05, 0) is 52.3 Å². The predicted octanol–water partition coefficient (Wildman–Crippen LogP) is 8.05. The van der Waals surface area contributed by atoms with E-state index in [1.54, 1.807) is 48.5 Å². The summed E-state index contributed by atoms with van der Waals surface area (Å²) in [7, 11) is 0. The van der Waals surface area contributed by atoms with Gasteiger partial charge in [-0.1, -0.05) is 47.5 Å². The number of alkyl halides is 3. The maximum atomic E-state index is 13.2. The van der Waals surface area contributed by atoms with E-state index in [9.17, 15) is 13.2 Å². The standard InChI is InChI=1S/C21H10BrCl2F3N2/c22-16-9-13(21(25,26)27)10-17-20(16)29-19(12-3-7-15(24)8-4-12)18(28-17)11-1-5-14(23)6-2-11/h1-10H. The van der Waals surface area contributed by atoms with Gasteiger partial charge in [-0.25, -0.2) is 9.97 Å². The summed E-state index contributed by atoms with van der Waals surface area (Å²) in [6.07, 6.45) is -4.49. The van der Waals surface area contributed by atoms with Crippen molar-refractivity contribution < 1.29 is 13.2 Å². The first-order valence-electron chi connectivity index (χ1n) is 8.33. The largest absolute Gasteiger partial charge is 0.416 e. The van der Waals surface area contributed by atoms with Crippen LogP contribution in [-0.4, -0.2) is 9.97 Å². The smallest absolute Gasteiger partial charge is 0.244 e. The lowest BCUT2D eigenvalue weighted by molar-refractivity contribution is -0.137. The maximum absolute atomic E-state index is 13.2. The van der Waals surface area contributed by atoms with E-state index >= 15 is 0 Å². The normalized spacial score (nSPS) is 11.8. The minimum absolute atomic E-state index is 0.134. The molecular weight excluding hydrogens is 488 g/mol. The van der Waals surface area contributed by atoms with Crippen LogP contribution in [0.25, 0.3) is 33.5 Å².